The summed E-state index contributed by atoms with van der Waals surface area (Å²) < 4.78 is 1.76. The Bertz CT molecular complexity index is 991. The quantitative estimate of drug-likeness (QED) is 0.719. The van der Waals surface area contributed by atoms with E-state index in [9.17, 15) is 4.79 Å². The summed E-state index contributed by atoms with van der Waals surface area (Å²) in [6, 6.07) is 17.4. The minimum Gasteiger partial charge on any atom is -0.328 e. The van der Waals surface area contributed by atoms with Crippen molar-refractivity contribution < 1.29 is 4.79 Å². The number of hydrogen-bond donors (Lipinski definition) is 2. The Labute approximate surface area is 164 Å². The van der Waals surface area contributed by atoms with Crippen LogP contribution in [0.5, 0.6) is 0 Å². The van der Waals surface area contributed by atoms with Crippen LogP contribution >= 0.6 is 0 Å². The molecule has 3 aromatic rings. The maximum atomic E-state index is 13.2. The number of anilines is 2. The summed E-state index contributed by atoms with van der Waals surface area (Å²) in [6.07, 6.45) is 1.49. The van der Waals surface area contributed by atoms with Gasteiger partial charge >= 0.3 is 0 Å². The highest BCUT2D eigenvalue weighted by Gasteiger charge is 2.39. The minimum atomic E-state index is -0.528. The third kappa shape index (κ3) is 3.29. The molecule has 0 unspecified atom stereocenters. The molecular weight excluding hydrogens is 350 g/mol. The first kappa shape index (κ1) is 18.0. The molecule has 142 valence electrons. The van der Waals surface area contributed by atoms with Crippen LogP contribution in [0.1, 0.15) is 36.9 Å². The minimum absolute atomic E-state index is 0.136. The van der Waals surface area contributed by atoms with Gasteiger partial charge in [0.25, 0.3) is 0 Å². The second-order valence-electron chi connectivity index (χ2n) is 7.28. The van der Waals surface area contributed by atoms with Crippen LogP contribution in [0, 0.1) is 5.92 Å². The van der Waals surface area contributed by atoms with E-state index in [-0.39, 0.29) is 11.9 Å². The predicted molar refractivity (Wildman–Crippen MR) is 110 cm³/mol. The van der Waals surface area contributed by atoms with Crippen LogP contribution in [0.25, 0.3) is 0 Å². The maximum Gasteiger partial charge on any atom is 0.235 e. The molecule has 1 amide bonds. The van der Waals surface area contributed by atoms with Crippen molar-refractivity contribution in [2.24, 2.45) is 5.92 Å². The first-order valence-electron chi connectivity index (χ1n) is 9.35. The number of benzene rings is 2. The third-order valence-electron chi connectivity index (χ3n) is 5.07. The van der Waals surface area contributed by atoms with Gasteiger partial charge in [-0.25, -0.2) is 4.68 Å². The highest BCUT2D eigenvalue weighted by molar-refractivity contribution is 5.95. The van der Waals surface area contributed by atoms with Crippen LogP contribution < -0.4 is 10.6 Å². The smallest absolute Gasteiger partial charge is 0.235 e. The Kier molecular flexibility index (Phi) is 4.69. The second kappa shape index (κ2) is 7.31. The van der Waals surface area contributed by atoms with E-state index < -0.39 is 5.92 Å². The summed E-state index contributed by atoms with van der Waals surface area (Å²) in [5.41, 5.74) is 3.60. The van der Waals surface area contributed by atoms with Gasteiger partial charge in [0.1, 0.15) is 12.2 Å². The standard InChI is InChI=1S/C22H23N5O/c1-14(2)16-9-11-17(12-10-16)20-19(15(3)25-22-23-13-24-27(20)22)21(28)26-18-7-5-4-6-8-18/h4-14,19-20H,3H2,1-2H3,(H,26,28)(H,23,24,25)/t19-,20+/m1/s1. The zero-order chi connectivity index (χ0) is 19.7. The highest BCUT2D eigenvalue weighted by atomic mass is 16.2. The third-order valence-corrected chi connectivity index (χ3v) is 5.07. The lowest BCUT2D eigenvalue weighted by Gasteiger charge is -2.34. The van der Waals surface area contributed by atoms with Gasteiger partial charge in [0, 0.05) is 11.4 Å². The first-order chi connectivity index (χ1) is 13.5. The van der Waals surface area contributed by atoms with Gasteiger partial charge in [-0.05, 0) is 29.2 Å². The van der Waals surface area contributed by atoms with Crippen molar-refractivity contribution in [2.45, 2.75) is 25.8 Å². The SMILES string of the molecule is C=C1Nc2ncnn2[C@@H](c2ccc(C(C)C)cc2)[C@@H]1C(=O)Nc1ccccc1. The van der Waals surface area contributed by atoms with E-state index in [2.05, 4.69) is 65.4 Å². The molecule has 0 bridgehead atoms. The summed E-state index contributed by atoms with van der Waals surface area (Å²) in [5.74, 6) is 0.366. The number of carbonyl (C=O) groups is 1. The van der Waals surface area contributed by atoms with Gasteiger partial charge < -0.3 is 10.6 Å². The molecule has 2 atom stereocenters. The summed E-state index contributed by atoms with van der Waals surface area (Å²) in [6.45, 7) is 8.42. The summed E-state index contributed by atoms with van der Waals surface area (Å²) in [7, 11) is 0. The number of nitrogens with zero attached hydrogens (tertiary/aromatic N) is 3. The molecule has 2 aromatic carbocycles. The van der Waals surface area contributed by atoms with Gasteiger partial charge in [-0.2, -0.15) is 10.1 Å². The van der Waals surface area contributed by atoms with E-state index in [0.717, 1.165) is 11.3 Å². The molecule has 0 radical (unpaired) electrons. The molecule has 0 saturated heterocycles. The summed E-state index contributed by atoms with van der Waals surface area (Å²) in [5, 5.41) is 10.5. The number of carbonyl (C=O) groups excluding carboxylic acids is 1. The van der Waals surface area contributed by atoms with Gasteiger partial charge in [-0.3, -0.25) is 4.79 Å². The topological polar surface area (TPSA) is 71.8 Å². The van der Waals surface area contributed by atoms with Gasteiger partial charge in [0.05, 0.1) is 6.04 Å². The lowest BCUT2D eigenvalue weighted by atomic mass is 9.87. The Morgan fingerprint density at radius 3 is 2.54 bits per heavy atom. The summed E-state index contributed by atoms with van der Waals surface area (Å²) in [4.78, 5) is 17.4. The van der Waals surface area contributed by atoms with E-state index in [1.807, 2.05) is 30.3 Å². The van der Waals surface area contributed by atoms with E-state index in [1.165, 1.54) is 11.9 Å². The number of para-hydroxylation sites is 1. The molecule has 1 aliphatic rings. The average molecular weight is 373 g/mol. The molecule has 0 saturated carbocycles. The van der Waals surface area contributed by atoms with Crippen molar-refractivity contribution in [1.82, 2.24) is 14.8 Å². The van der Waals surface area contributed by atoms with Crippen molar-refractivity contribution in [3.05, 3.63) is 84.3 Å². The first-order valence-corrected chi connectivity index (χ1v) is 9.35. The van der Waals surface area contributed by atoms with E-state index in [1.54, 1.807) is 4.68 Å². The van der Waals surface area contributed by atoms with Gasteiger partial charge in [0.2, 0.25) is 11.9 Å². The van der Waals surface area contributed by atoms with Crippen LogP contribution in [-0.4, -0.2) is 20.7 Å². The van der Waals surface area contributed by atoms with Crippen molar-refractivity contribution in [2.75, 3.05) is 10.6 Å². The number of hydrogen-bond acceptors (Lipinski definition) is 4. The zero-order valence-corrected chi connectivity index (χ0v) is 16.0. The summed E-state index contributed by atoms with van der Waals surface area (Å²) >= 11 is 0. The van der Waals surface area contributed by atoms with Crippen LogP contribution in [0.4, 0.5) is 11.6 Å². The molecule has 0 aliphatic carbocycles. The lowest BCUT2D eigenvalue weighted by molar-refractivity contribution is -0.119. The monoisotopic (exact) mass is 373 g/mol. The molecule has 0 fully saturated rings. The molecule has 4 rings (SSSR count). The van der Waals surface area contributed by atoms with E-state index >= 15 is 0 Å². The molecule has 6 nitrogen and oxygen atoms in total. The normalized spacial score (nSPS) is 18.5. The van der Waals surface area contributed by atoms with Crippen molar-refractivity contribution >= 4 is 17.5 Å². The predicted octanol–water partition coefficient (Wildman–Crippen LogP) is 4.19. The van der Waals surface area contributed by atoms with Crippen LogP contribution in [0.3, 0.4) is 0 Å². The maximum absolute atomic E-state index is 13.2. The number of aromatic nitrogens is 3. The molecule has 1 aromatic heterocycles. The fourth-order valence-electron chi connectivity index (χ4n) is 3.55. The van der Waals surface area contributed by atoms with Gasteiger partial charge in [0.15, 0.2) is 0 Å². The van der Waals surface area contributed by atoms with Crippen molar-refractivity contribution in [3.63, 3.8) is 0 Å². The van der Waals surface area contributed by atoms with Crippen LogP contribution in [0.2, 0.25) is 0 Å². The van der Waals surface area contributed by atoms with Gasteiger partial charge in [-0.1, -0.05) is 62.9 Å². The molecule has 28 heavy (non-hydrogen) atoms. The Morgan fingerprint density at radius 2 is 1.86 bits per heavy atom. The largest absolute Gasteiger partial charge is 0.328 e. The number of fused-ring (bicyclic) bond motifs is 1. The molecule has 2 N–H and O–H groups in total. The zero-order valence-electron chi connectivity index (χ0n) is 16.0. The van der Waals surface area contributed by atoms with Crippen molar-refractivity contribution in [1.29, 1.82) is 0 Å². The van der Waals surface area contributed by atoms with E-state index in [0.29, 0.717) is 17.6 Å². The second-order valence-corrected chi connectivity index (χ2v) is 7.28. The molecule has 2 heterocycles. The fraction of sp³-hybridized carbons (Fsp3) is 0.227. The van der Waals surface area contributed by atoms with Crippen molar-refractivity contribution in [3.8, 4) is 0 Å². The number of nitrogens with one attached hydrogen (secondary N) is 2. The Balaban J connectivity index is 1.72. The molecule has 1 aliphatic heterocycles. The van der Waals surface area contributed by atoms with E-state index in [4.69, 9.17) is 0 Å². The number of rotatable bonds is 4. The van der Waals surface area contributed by atoms with Crippen LogP contribution in [0.15, 0.2) is 73.2 Å². The average Bonchev–Trinajstić information content (AvgIpc) is 3.15. The fourth-order valence-corrected chi connectivity index (χ4v) is 3.55. The number of amides is 1. The molecule has 6 heteroatoms. The van der Waals surface area contributed by atoms with Crippen LogP contribution in [-0.2, 0) is 4.79 Å². The lowest BCUT2D eigenvalue weighted by Crippen LogP contribution is -2.39. The highest BCUT2D eigenvalue weighted by Crippen LogP contribution is 2.38. The molecule has 0 spiro atoms. The Morgan fingerprint density at radius 1 is 1.14 bits per heavy atom. The Hall–Kier alpha value is -3.41. The molecular formula is C22H23N5O. The van der Waals surface area contributed by atoms with Gasteiger partial charge in [-0.15, -0.1) is 0 Å².